The zero-order valence-electron chi connectivity index (χ0n) is 18.2. The number of hydrogen-bond acceptors (Lipinski definition) is 8. The lowest BCUT2D eigenvalue weighted by Crippen LogP contribution is -2.22. The average Bonchev–Trinajstić information content (AvgIpc) is 3.40. The summed E-state index contributed by atoms with van der Waals surface area (Å²) in [6.07, 6.45) is 0. The van der Waals surface area contributed by atoms with Crippen molar-refractivity contribution in [1.29, 1.82) is 0 Å². The van der Waals surface area contributed by atoms with E-state index in [1.165, 1.54) is 0 Å². The van der Waals surface area contributed by atoms with Gasteiger partial charge in [0.1, 0.15) is 0 Å². The third kappa shape index (κ3) is 3.56. The fourth-order valence-electron chi connectivity index (χ4n) is 4.31. The molecule has 0 N–H and O–H groups in total. The van der Waals surface area contributed by atoms with Gasteiger partial charge in [-0.3, -0.25) is 4.79 Å². The molecule has 4 rings (SSSR count). The van der Waals surface area contributed by atoms with Crippen LogP contribution in [-0.2, 0) is 9.53 Å². The van der Waals surface area contributed by atoms with Crippen LogP contribution in [0.25, 0.3) is 0 Å². The first-order valence-corrected chi connectivity index (χ1v) is 9.96. The average molecular weight is 430 g/mol. The Hall–Kier alpha value is -3.29. The lowest BCUT2D eigenvalue weighted by atomic mass is 9.76. The molecule has 0 aromatic heterocycles. The zero-order chi connectivity index (χ0) is 22.1. The molecule has 0 spiro atoms. The topological polar surface area (TPSA) is 81.7 Å². The van der Waals surface area contributed by atoms with E-state index in [9.17, 15) is 4.79 Å². The van der Waals surface area contributed by atoms with Crippen molar-refractivity contribution in [2.24, 2.45) is 11.8 Å². The number of ether oxygens (including phenoxy) is 7. The molecule has 166 valence electrons. The Morgan fingerprint density at radius 1 is 0.839 bits per heavy atom. The molecule has 1 saturated heterocycles. The van der Waals surface area contributed by atoms with Gasteiger partial charge in [0.15, 0.2) is 23.0 Å². The number of benzene rings is 2. The van der Waals surface area contributed by atoms with Crippen LogP contribution in [0.4, 0.5) is 0 Å². The first-order chi connectivity index (χ1) is 15.0. The zero-order valence-corrected chi connectivity index (χ0v) is 18.2. The third-order valence-corrected chi connectivity index (χ3v) is 5.95. The van der Waals surface area contributed by atoms with Crippen LogP contribution in [0.2, 0.25) is 0 Å². The molecule has 8 heteroatoms. The van der Waals surface area contributed by atoms with Crippen molar-refractivity contribution in [3.8, 4) is 34.5 Å². The molecule has 8 nitrogen and oxygen atoms in total. The third-order valence-electron chi connectivity index (χ3n) is 5.95. The maximum absolute atomic E-state index is 12.2. The van der Waals surface area contributed by atoms with Gasteiger partial charge in [0.05, 0.1) is 41.0 Å². The fourth-order valence-corrected chi connectivity index (χ4v) is 4.31. The Labute approximate surface area is 180 Å². The molecule has 2 aromatic carbocycles. The van der Waals surface area contributed by atoms with Crippen LogP contribution in [-0.4, -0.2) is 47.8 Å². The van der Waals surface area contributed by atoms with Crippen LogP contribution < -0.4 is 28.4 Å². The Balaban J connectivity index is 1.91. The van der Waals surface area contributed by atoms with Gasteiger partial charge in [-0.25, -0.2) is 0 Å². The van der Waals surface area contributed by atoms with Gasteiger partial charge >= 0.3 is 5.97 Å². The molecule has 0 amide bonds. The van der Waals surface area contributed by atoms with Crippen molar-refractivity contribution < 1.29 is 38.0 Å². The van der Waals surface area contributed by atoms with Crippen LogP contribution >= 0.6 is 0 Å². The van der Waals surface area contributed by atoms with E-state index >= 15 is 0 Å². The van der Waals surface area contributed by atoms with Crippen LogP contribution in [0.5, 0.6) is 34.5 Å². The molecule has 0 aliphatic carbocycles. The summed E-state index contributed by atoms with van der Waals surface area (Å²) in [6.45, 7) is 2.32. The number of fused-ring (bicyclic) bond motifs is 1. The number of carbonyl (C=O) groups excluding carboxylic acids is 1. The summed E-state index contributed by atoms with van der Waals surface area (Å²) in [5, 5.41) is 0. The van der Waals surface area contributed by atoms with E-state index in [1.54, 1.807) is 28.4 Å². The standard InChI is InChI=1S/C23H26O8/c1-12-15(10-29-23(12)24)20(13-6-16(25-2)21(28-5)17(7-13)26-3)14-8-18(27-4)22-19(9-14)30-11-31-22/h6-9,12,15,20H,10-11H2,1-5H3/t12-,15-,20+/m1/s1. The maximum atomic E-state index is 12.2. The largest absolute Gasteiger partial charge is 0.493 e. The highest BCUT2D eigenvalue weighted by atomic mass is 16.7. The first-order valence-electron chi connectivity index (χ1n) is 9.96. The highest BCUT2D eigenvalue weighted by Gasteiger charge is 2.41. The summed E-state index contributed by atoms with van der Waals surface area (Å²) < 4.78 is 38.7. The minimum atomic E-state index is -0.291. The van der Waals surface area contributed by atoms with Gasteiger partial charge < -0.3 is 33.2 Å². The summed E-state index contributed by atoms with van der Waals surface area (Å²) >= 11 is 0. The normalized spacial score (nSPS) is 20.2. The molecular formula is C23H26O8. The second-order valence-electron chi connectivity index (χ2n) is 7.48. The van der Waals surface area contributed by atoms with Gasteiger partial charge in [-0.1, -0.05) is 6.92 Å². The van der Waals surface area contributed by atoms with Crippen molar-refractivity contribution >= 4 is 5.97 Å². The van der Waals surface area contributed by atoms with E-state index in [-0.39, 0.29) is 30.5 Å². The molecule has 0 saturated carbocycles. The molecule has 0 bridgehead atoms. The maximum Gasteiger partial charge on any atom is 0.309 e. The Morgan fingerprint density at radius 3 is 2.00 bits per heavy atom. The second kappa shape index (κ2) is 8.45. The minimum absolute atomic E-state index is 0.111. The summed E-state index contributed by atoms with van der Waals surface area (Å²) in [5.74, 6) is 2.48. The molecule has 1 fully saturated rings. The van der Waals surface area contributed by atoms with Gasteiger partial charge in [-0.05, 0) is 35.4 Å². The number of rotatable bonds is 7. The number of cyclic esters (lactones) is 1. The van der Waals surface area contributed by atoms with E-state index < -0.39 is 0 Å². The van der Waals surface area contributed by atoms with Gasteiger partial charge in [-0.15, -0.1) is 0 Å². The molecule has 3 atom stereocenters. The van der Waals surface area contributed by atoms with Crippen LogP contribution in [0.15, 0.2) is 24.3 Å². The Morgan fingerprint density at radius 2 is 1.45 bits per heavy atom. The van der Waals surface area contributed by atoms with Crippen molar-refractivity contribution in [3.63, 3.8) is 0 Å². The van der Waals surface area contributed by atoms with Crippen molar-refractivity contribution in [1.82, 2.24) is 0 Å². The summed E-state index contributed by atoms with van der Waals surface area (Å²) in [5.41, 5.74) is 1.80. The summed E-state index contributed by atoms with van der Waals surface area (Å²) in [7, 11) is 6.29. The number of esters is 1. The molecule has 0 unspecified atom stereocenters. The predicted molar refractivity (Wildman–Crippen MR) is 111 cm³/mol. The molecule has 2 aliphatic rings. The molecule has 0 radical (unpaired) electrons. The van der Waals surface area contributed by atoms with Gasteiger partial charge in [0, 0.05) is 11.8 Å². The quantitative estimate of drug-likeness (QED) is 0.619. The smallest absolute Gasteiger partial charge is 0.309 e. The van der Waals surface area contributed by atoms with Crippen LogP contribution in [0.3, 0.4) is 0 Å². The SMILES string of the molecule is COc1cc([C@@H](c2cc(OC)c3c(c2)OCO3)[C@@H]2COC(=O)[C@@H]2C)cc(OC)c1OC. The van der Waals surface area contributed by atoms with E-state index in [1.807, 2.05) is 31.2 Å². The lowest BCUT2D eigenvalue weighted by Gasteiger charge is -2.27. The van der Waals surface area contributed by atoms with E-state index in [0.717, 1.165) is 11.1 Å². The highest BCUT2D eigenvalue weighted by molar-refractivity contribution is 5.75. The monoisotopic (exact) mass is 430 g/mol. The van der Waals surface area contributed by atoms with Crippen LogP contribution in [0, 0.1) is 11.8 Å². The minimum Gasteiger partial charge on any atom is -0.493 e. The van der Waals surface area contributed by atoms with Crippen LogP contribution in [0.1, 0.15) is 24.0 Å². The number of methoxy groups -OCH3 is 4. The predicted octanol–water partition coefficient (Wildman–Crippen LogP) is 3.39. The van der Waals surface area contributed by atoms with Gasteiger partial charge in [0.25, 0.3) is 0 Å². The van der Waals surface area contributed by atoms with Gasteiger partial charge in [0.2, 0.25) is 18.3 Å². The molecular weight excluding hydrogens is 404 g/mol. The van der Waals surface area contributed by atoms with Gasteiger partial charge in [-0.2, -0.15) is 0 Å². The molecule has 31 heavy (non-hydrogen) atoms. The molecule has 2 heterocycles. The first kappa shape index (κ1) is 21.0. The molecule has 2 aromatic rings. The number of carbonyl (C=O) groups is 1. The highest BCUT2D eigenvalue weighted by Crippen LogP contribution is 2.50. The number of hydrogen-bond donors (Lipinski definition) is 0. The van der Waals surface area contributed by atoms with E-state index in [2.05, 4.69) is 0 Å². The summed E-state index contributed by atoms with van der Waals surface area (Å²) in [4.78, 5) is 12.2. The lowest BCUT2D eigenvalue weighted by molar-refractivity contribution is -0.140. The summed E-state index contributed by atoms with van der Waals surface area (Å²) in [6, 6.07) is 7.64. The van der Waals surface area contributed by atoms with Crippen molar-refractivity contribution in [3.05, 3.63) is 35.4 Å². The fraction of sp³-hybridized carbons (Fsp3) is 0.435. The van der Waals surface area contributed by atoms with Crippen molar-refractivity contribution in [2.75, 3.05) is 41.8 Å². The molecule has 2 aliphatic heterocycles. The van der Waals surface area contributed by atoms with E-state index in [0.29, 0.717) is 41.1 Å². The Kier molecular flexibility index (Phi) is 5.71. The second-order valence-corrected chi connectivity index (χ2v) is 7.48. The van der Waals surface area contributed by atoms with E-state index in [4.69, 9.17) is 33.2 Å². The Bertz CT molecular complexity index is 961. The van der Waals surface area contributed by atoms with Crippen molar-refractivity contribution in [2.45, 2.75) is 12.8 Å².